The van der Waals surface area contributed by atoms with Crippen LogP contribution in [-0.2, 0) is 9.53 Å². The first-order chi connectivity index (χ1) is 1.91. The first kappa shape index (κ1) is 9.18. The van der Waals surface area contributed by atoms with Crippen LogP contribution < -0.4 is 0 Å². The normalized spacial score (nSPS) is 4.20. The van der Waals surface area contributed by atoms with Crippen LogP contribution in [0.5, 0.6) is 0 Å². The minimum atomic E-state index is 0. The second-order valence-corrected chi connectivity index (χ2v) is 0.332. The molecule has 0 atom stereocenters. The van der Waals surface area contributed by atoms with Gasteiger partial charge in [0.15, 0.2) is 0 Å². The van der Waals surface area contributed by atoms with Crippen molar-refractivity contribution in [3.05, 3.63) is 0 Å². The molecule has 0 saturated heterocycles. The van der Waals surface area contributed by atoms with Gasteiger partial charge in [-0.2, -0.15) is 0 Å². The van der Waals surface area contributed by atoms with Crippen LogP contribution in [0.4, 0.5) is 0 Å². The van der Waals surface area contributed by atoms with Crippen LogP contribution in [0.3, 0.4) is 0 Å². The Hall–Kier alpha value is 0.665. The van der Waals surface area contributed by atoms with Gasteiger partial charge in [0.2, 0.25) is 0 Å². The molecule has 27 valence electrons. The number of ether oxygens (including phenoxy) is 1. The number of hydrogen-bond donors (Lipinski definition) is 0. The van der Waals surface area contributed by atoms with E-state index in [1.807, 2.05) is 0 Å². The van der Waals surface area contributed by atoms with Gasteiger partial charge in [-0.05, 0) is 0 Å². The van der Waals surface area contributed by atoms with Gasteiger partial charge in [0.1, 0.15) is 0 Å². The number of methoxy groups -OCH3 is 1. The predicted molar refractivity (Wildman–Crippen MR) is 13.1 cm³/mol. The third-order valence-corrected chi connectivity index (χ3v) is 0.0962. The summed E-state index contributed by atoms with van der Waals surface area (Å²) in [4.78, 5) is 8.95. The van der Waals surface area contributed by atoms with E-state index >= 15 is 0 Å². The second kappa shape index (κ2) is 8.82. The molecule has 3 heteroatoms. The summed E-state index contributed by atoms with van der Waals surface area (Å²) in [6.45, 7) is 0.375. The van der Waals surface area contributed by atoms with E-state index in [1.54, 1.807) is 0 Å². The molecule has 0 aromatic carbocycles. The molecule has 0 aliphatic carbocycles. The Morgan fingerprint density at radius 2 is 2.00 bits per heavy atom. The van der Waals surface area contributed by atoms with Crippen molar-refractivity contribution in [2.24, 2.45) is 0 Å². The SMILES string of the molecule is COC=O.[La]. The van der Waals surface area contributed by atoms with Gasteiger partial charge in [-0.3, -0.25) is 4.79 Å². The van der Waals surface area contributed by atoms with Crippen LogP contribution in [-0.4, -0.2) is 13.6 Å². The van der Waals surface area contributed by atoms with E-state index in [1.165, 1.54) is 7.11 Å². The molecule has 0 spiro atoms. The van der Waals surface area contributed by atoms with Gasteiger partial charge in [-0.25, -0.2) is 0 Å². The van der Waals surface area contributed by atoms with E-state index in [4.69, 9.17) is 4.79 Å². The van der Waals surface area contributed by atoms with E-state index in [9.17, 15) is 0 Å². The predicted octanol–water partition coefficient (Wildman–Crippen LogP) is -0.211. The van der Waals surface area contributed by atoms with Crippen LogP contribution in [0, 0.1) is 35.6 Å². The molecule has 1 radical (unpaired) electrons. The molecule has 0 fully saturated rings. The minimum Gasteiger partial charge on any atom is -0.471 e. The summed E-state index contributed by atoms with van der Waals surface area (Å²) >= 11 is 0. The molecule has 0 bridgehead atoms. The molecule has 0 aliphatic heterocycles. The number of carbonyl (C=O) groups is 1. The fraction of sp³-hybridized carbons (Fsp3) is 0.500. The van der Waals surface area contributed by atoms with Gasteiger partial charge >= 0.3 is 0 Å². The number of hydrogen-bond acceptors (Lipinski definition) is 2. The van der Waals surface area contributed by atoms with Crippen LogP contribution in [0.25, 0.3) is 0 Å². The monoisotopic (exact) mass is 199 g/mol. The zero-order valence-corrected chi connectivity index (χ0v) is 6.60. The summed E-state index contributed by atoms with van der Waals surface area (Å²) in [5.74, 6) is 0. The Morgan fingerprint density at radius 1 is 1.80 bits per heavy atom. The Labute approximate surface area is 58.5 Å². The van der Waals surface area contributed by atoms with Crippen molar-refractivity contribution in [1.82, 2.24) is 0 Å². The Bertz CT molecular complexity index is 21.6. The average Bonchev–Trinajstić information content (AvgIpc) is 1.37. The summed E-state index contributed by atoms with van der Waals surface area (Å²) in [6, 6.07) is 0. The topological polar surface area (TPSA) is 26.3 Å². The van der Waals surface area contributed by atoms with Crippen LogP contribution in [0.15, 0.2) is 0 Å². The summed E-state index contributed by atoms with van der Waals surface area (Å²) in [5.41, 5.74) is 0. The molecule has 0 aromatic heterocycles. The van der Waals surface area contributed by atoms with Crippen molar-refractivity contribution < 1.29 is 45.1 Å². The molecule has 0 aliphatic rings. The quantitative estimate of drug-likeness (QED) is 0.546. The first-order valence-corrected chi connectivity index (χ1v) is 0.880. The molecule has 5 heavy (non-hydrogen) atoms. The maximum atomic E-state index is 8.95. The van der Waals surface area contributed by atoms with Crippen molar-refractivity contribution in [1.29, 1.82) is 0 Å². The van der Waals surface area contributed by atoms with Gasteiger partial charge in [-0.15, -0.1) is 0 Å². The second-order valence-electron chi connectivity index (χ2n) is 0.332. The number of carbonyl (C=O) groups excluding carboxylic acids is 1. The minimum absolute atomic E-state index is 0. The van der Waals surface area contributed by atoms with Crippen LogP contribution in [0.1, 0.15) is 0 Å². The molecular formula is C2H4LaO2. The summed E-state index contributed by atoms with van der Waals surface area (Å²) in [7, 11) is 1.31. The fourth-order valence-electron chi connectivity index (χ4n) is 0. The third kappa shape index (κ3) is 12.0. The van der Waals surface area contributed by atoms with Gasteiger partial charge in [0.05, 0.1) is 7.11 Å². The summed E-state index contributed by atoms with van der Waals surface area (Å²) < 4.78 is 3.86. The summed E-state index contributed by atoms with van der Waals surface area (Å²) in [5, 5.41) is 0. The third-order valence-electron chi connectivity index (χ3n) is 0.0962. The maximum Gasteiger partial charge on any atom is 0.292 e. The van der Waals surface area contributed by atoms with Crippen molar-refractivity contribution in [2.45, 2.75) is 0 Å². The molecular weight excluding hydrogens is 195 g/mol. The Morgan fingerprint density at radius 3 is 2.00 bits per heavy atom. The van der Waals surface area contributed by atoms with Gasteiger partial charge in [0, 0.05) is 35.6 Å². The molecule has 0 N–H and O–H groups in total. The largest absolute Gasteiger partial charge is 0.471 e. The number of rotatable bonds is 1. The molecule has 0 unspecified atom stereocenters. The van der Waals surface area contributed by atoms with Gasteiger partial charge < -0.3 is 4.74 Å². The Balaban J connectivity index is 0. The fourth-order valence-corrected chi connectivity index (χ4v) is 0. The summed E-state index contributed by atoms with van der Waals surface area (Å²) in [6.07, 6.45) is 0. The van der Waals surface area contributed by atoms with Crippen molar-refractivity contribution in [3.63, 3.8) is 0 Å². The van der Waals surface area contributed by atoms with Gasteiger partial charge in [0.25, 0.3) is 6.47 Å². The molecule has 0 heterocycles. The maximum absolute atomic E-state index is 8.95. The van der Waals surface area contributed by atoms with Crippen molar-refractivity contribution in [2.75, 3.05) is 7.11 Å². The van der Waals surface area contributed by atoms with Crippen molar-refractivity contribution in [3.8, 4) is 0 Å². The van der Waals surface area contributed by atoms with Crippen molar-refractivity contribution >= 4 is 6.47 Å². The molecule has 0 aromatic rings. The van der Waals surface area contributed by atoms with Gasteiger partial charge in [-0.1, -0.05) is 0 Å². The standard InChI is InChI=1S/C2H4O2.La/c1-4-2-3;/h2H,1H3;. The molecule has 2 nitrogen and oxygen atoms in total. The zero-order valence-electron chi connectivity index (χ0n) is 2.97. The van der Waals surface area contributed by atoms with Crippen LogP contribution >= 0.6 is 0 Å². The van der Waals surface area contributed by atoms with E-state index in [0.717, 1.165) is 0 Å². The van der Waals surface area contributed by atoms with Crippen LogP contribution in [0.2, 0.25) is 0 Å². The van der Waals surface area contributed by atoms with E-state index in [-0.39, 0.29) is 35.6 Å². The molecule has 0 rings (SSSR count). The zero-order chi connectivity index (χ0) is 3.41. The molecule has 0 amide bonds. The first-order valence-electron chi connectivity index (χ1n) is 0.880. The van der Waals surface area contributed by atoms with E-state index in [0.29, 0.717) is 6.47 Å². The average molecular weight is 199 g/mol. The van der Waals surface area contributed by atoms with E-state index < -0.39 is 0 Å². The van der Waals surface area contributed by atoms with E-state index in [2.05, 4.69) is 4.74 Å². The Kier molecular flexibility index (Phi) is 16.2. The molecule has 0 saturated carbocycles. The smallest absolute Gasteiger partial charge is 0.292 e.